The number of ether oxygens (including phenoxy) is 4. The summed E-state index contributed by atoms with van der Waals surface area (Å²) < 4.78 is 40.2. The van der Waals surface area contributed by atoms with Crippen LogP contribution in [0.15, 0.2) is 56.7 Å². The Labute approximate surface area is 667 Å². The average Bonchev–Trinajstić information content (AvgIpc) is 1.73. The molecule has 3 radical (unpaired) electrons. The van der Waals surface area contributed by atoms with Crippen molar-refractivity contribution >= 4 is 81.0 Å². The van der Waals surface area contributed by atoms with Crippen molar-refractivity contribution in [2.75, 3.05) is 65.8 Å². The van der Waals surface area contributed by atoms with Crippen LogP contribution in [-0.4, -0.2) is 162 Å². The first-order chi connectivity index (χ1) is 50.0. The summed E-state index contributed by atoms with van der Waals surface area (Å²) in [5.41, 5.74) is 9.71. The Morgan fingerprint density at radius 1 is 0.660 bits per heavy atom. The van der Waals surface area contributed by atoms with Crippen molar-refractivity contribution in [1.29, 1.82) is 0 Å². The van der Waals surface area contributed by atoms with Gasteiger partial charge in [0.2, 0.25) is 6.54 Å². The van der Waals surface area contributed by atoms with E-state index in [-0.39, 0.29) is 91.0 Å². The molecule has 28 nitrogen and oxygen atoms in total. The van der Waals surface area contributed by atoms with Gasteiger partial charge in [-0.2, -0.15) is 0 Å². The van der Waals surface area contributed by atoms with Crippen LogP contribution in [0.4, 0.5) is 0 Å². The number of allylic oxidation sites excluding steroid dienone is 1. The molecule has 0 aliphatic carbocycles. The second-order valence-electron chi connectivity index (χ2n) is 22.8. The van der Waals surface area contributed by atoms with Crippen LogP contribution in [0.1, 0.15) is 247 Å². The van der Waals surface area contributed by atoms with Gasteiger partial charge in [-0.1, -0.05) is 124 Å². The smallest absolute Gasteiger partial charge is 1.00 e. The Bertz CT molecular complexity index is 3380. The second-order valence-corrected chi connectivity index (χ2v) is 24.7. The Morgan fingerprint density at radius 2 is 1.15 bits per heavy atom. The second kappa shape index (κ2) is 64.7. The van der Waals surface area contributed by atoms with Gasteiger partial charge < -0.3 is 63.8 Å². The number of hydrogen-bond acceptors (Lipinski definition) is 26. The van der Waals surface area contributed by atoms with Crippen molar-refractivity contribution in [2.24, 2.45) is 0 Å². The molecule has 33 heteroatoms. The van der Waals surface area contributed by atoms with Crippen molar-refractivity contribution in [3.05, 3.63) is 139 Å². The molecule has 0 saturated carbocycles. The summed E-state index contributed by atoms with van der Waals surface area (Å²) in [5, 5.41) is 38.8. The molecule has 6 aromatic heterocycles. The Balaban J connectivity index is -0.000000561. The third-order valence-corrected chi connectivity index (χ3v) is 16.5. The van der Waals surface area contributed by atoms with Gasteiger partial charge in [0.1, 0.15) is 35.0 Å². The van der Waals surface area contributed by atoms with Crippen molar-refractivity contribution < 1.29 is 86.5 Å². The molecule has 0 spiro atoms. The van der Waals surface area contributed by atoms with E-state index in [4.69, 9.17) is 37.4 Å². The van der Waals surface area contributed by atoms with Gasteiger partial charge in [0.15, 0.2) is 15.7 Å². The molecule has 106 heavy (non-hydrogen) atoms. The van der Waals surface area contributed by atoms with E-state index < -0.39 is 5.97 Å². The standard InChI is InChI=1S/C13H17N3O2S.C11H19NO2.C10H15NO3.C8H12BrNO.C8H13NO2.C7H12O3.C5H6N2OS.C4H9N.C4H8O.C3H7NO2.Al.Li.H/c1-4-10-9(11(5-2)18-16-10)7-19-13-14-8(3)6-12(17)15-13;1-3-10(9-11(13)14-4-2)12-7-5-6-8-12;1-4-7-9(10(12)13-6-3)8(5-2)14-11-7;1-3-7-6(5-9)8(4-2)11-10-7;1-3-7-6(5-10)8(4-2)11-9-7;1-3-6(8)5-7(9)10-4-2;1-3-2-4(8)7-5(9)6-3;2*1-2-4-5-3-1;1-2-3-4(5)6;;;/h6H,4-5,7H2,1-3H3,(H,14,15,17);9H,3-8H2,1-2H3;4-6H2,1-3H3;3-5H2,1-2H3;10H,3-5H2,1-2H3;3-5H2,1-2H3;2H,1H3,(H2,6,7,8,9);5H,1-4H2;1-4H2;2-3H2,1H3;;;/q;;;;;;;;;;;+1;-1/b;10-9+;;;;;;;;;;;. The van der Waals surface area contributed by atoms with Crippen LogP contribution in [0.3, 0.4) is 0 Å². The van der Waals surface area contributed by atoms with E-state index in [1.54, 1.807) is 40.7 Å². The molecule has 0 unspecified atom stereocenters. The fourth-order valence-corrected chi connectivity index (χ4v) is 11.4. The molecule has 6 aromatic rings. The summed E-state index contributed by atoms with van der Waals surface area (Å²) in [6.07, 6.45) is 17.8. The van der Waals surface area contributed by atoms with Gasteiger partial charge in [0, 0.05) is 150 Å². The van der Waals surface area contributed by atoms with Crippen LogP contribution >= 0.6 is 39.9 Å². The van der Waals surface area contributed by atoms with Gasteiger partial charge >= 0.3 is 36.8 Å². The number of aromatic nitrogens is 8. The maximum Gasteiger partial charge on any atom is 1.00 e. The predicted octanol–water partition coefficient (Wildman–Crippen LogP) is 10.6. The number of nitrogens with zero attached hydrogens (tertiary/aromatic N) is 7. The van der Waals surface area contributed by atoms with Gasteiger partial charge in [-0.05, 0) is 131 Å². The van der Waals surface area contributed by atoms with E-state index in [0.29, 0.717) is 78.2 Å². The predicted molar refractivity (Wildman–Crippen MR) is 415 cm³/mol. The number of rotatable bonds is 25. The number of nitrogens with one attached hydrogen (secondary N) is 4. The van der Waals surface area contributed by atoms with Crippen LogP contribution in [0.5, 0.6) is 0 Å². The van der Waals surface area contributed by atoms with Gasteiger partial charge in [0.05, 0.1) is 49.2 Å². The van der Waals surface area contributed by atoms with Gasteiger partial charge in [0.25, 0.3) is 11.1 Å². The van der Waals surface area contributed by atoms with Gasteiger partial charge in [-0.15, -0.1) is 0 Å². The number of esters is 3. The minimum Gasteiger partial charge on any atom is -1.00 e. The first kappa shape index (κ1) is 104. The van der Waals surface area contributed by atoms with Gasteiger partial charge in [-0.25, -0.2) is 14.6 Å². The molecule has 0 atom stereocenters. The molecule has 0 bridgehead atoms. The number of nitro groups is 1. The summed E-state index contributed by atoms with van der Waals surface area (Å²) in [6.45, 7) is 38.6. The van der Waals surface area contributed by atoms with Crippen LogP contribution in [0.2, 0.25) is 0 Å². The molecule has 9 rings (SSSR count). The molecule has 0 aromatic carbocycles. The monoisotopic (exact) mass is 1600 g/mol. The third kappa shape index (κ3) is 44.2. The first-order valence-electron chi connectivity index (χ1n) is 36.4. The van der Waals surface area contributed by atoms with Crippen molar-refractivity contribution in [1.82, 2.24) is 50.8 Å². The number of carbonyl (C=O) groups is 4. The van der Waals surface area contributed by atoms with Crippen molar-refractivity contribution in [2.45, 2.75) is 249 Å². The Hall–Kier alpha value is -6.32. The molecule has 0 amide bonds. The fraction of sp³-hybridized carbons (Fsp3) is 0.644. The van der Waals surface area contributed by atoms with Crippen LogP contribution in [0, 0.1) is 28.7 Å². The minimum atomic E-state index is -0.422. The normalized spacial score (nSPS) is 12.1. The zero-order valence-corrected chi connectivity index (χ0v) is 70.4. The molecular weight excluding hydrogens is 1480 g/mol. The van der Waals surface area contributed by atoms with Gasteiger partial charge in [-0.3, -0.25) is 34.3 Å². The number of aromatic amines is 3. The number of alkyl halides is 1. The van der Waals surface area contributed by atoms with Crippen LogP contribution < -0.4 is 35.3 Å². The first-order valence-corrected chi connectivity index (χ1v) is 38.9. The van der Waals surface area contributed by atoms with E-state index in [1.807, 2.05) is 48.5 Å². The summed E-state index contributed by atoms with van der Waals surface area (Å²) in [5.74, 6) is 3.02. The molecule has 5 N–H and O–H groups in total. The largest absolute Gasteiger partial charge is 1.00 e. The number of aliphatic hydroxyl groups excluding tert-OH is 1. The summed E-state index contributed by atoms with van der Waals surface area (Å²) >= 11 is 9.59. The molecule has 3 saturated heterocycles. The number of hydrogen-bond donors (Lipinski definition) is 5. The van der Waals surface area contributed by atoms with Crippen LogP contribution in [0.25, 0.3) is 0 Å². The number of likely N-dealkylation sites (tertiary alicyclic amines) is 1. The Kier molecular flexibility index (Phi) is 63.3. The molecule has 3 fully saturated rings. The molecule has 591 valence electrons. The number of aryl methyl sites for hydroxylation is 10. The van der Waals surface area contributed by atoms with Crippen molar-refractivity contribution in [3.63, 3.8) is 0 Å². The third-order valence-electron chi connectivity index (χ3n) is 14.9. The minimum absolute atomic E-state index is 0. The number of thioether (sulfide) groups is 1. The Morgan fingerprint density at radius 3 is 1.55 bits per heavy atom. The van der Waals surface area contributed by atoms with E-state index in [0.717, 1.165) is 139 Å². The molecule has 3 aliphatic heterocycles. The number of ketones is 1. The molecular formula is C73H119AlBrLiN11O17S2. The van der Waals surface area contributed by atoms with E-state index in [9.17, 15) is 38.9 Å². The topological polar surface area (TPSA) is 382 Å². The van der Waals surface area contributed by atoms with E-state index >= 15 is 0 Å². The van der Waals surface area contributed by atoms with Crippen LogP contribution in [-0.2, 0) is 102 Å². The fourth-order valence-electron chi connectivity index (χ4n) is 9.50. The van der Waals surface area contributed by atoms with Crippen molar-refractivity contribution in [3.8, 4) is 0 Å². The quantitative estimate of drug-likeness (QED) is 0.00304. The summed E-state index contributed by atoms with van der Waals surface area (Å²) in [6, 6.07) is 2.94. The summed E-state index contributed by atoms with van der Waals surface area (Å²) in [7, 11) is 0. The maximum absolute atomic E-state index is 11.5. The number of halogens is 1. The molecule has 9 heterocycles. The number of carbonyl (C=O) groups excluding carboxylic acids is 4. The SMILES string of the molecule is C1CCNC1.C1CCOC1.CCC[N+](=O)[O-].CCOC(=O)/C=C(\CC)N1CCCC1.CCOC(=O)CC(=O)CC.CCOC(=O)c1c(CC)noc1CC.CCc1noc(CC)c1CBr.CCc1noc(CC)c1CO.CCc1noc(CC)c1CSc1nc(C)cc(=O)[nH]1.Cc1cc(=O)[nH]c(=S)[nH]1.[Al].[H-].[Li+]. The zero-order valence-electron chi connectivity index (χ0n) is 67.0. The maximum atomic E-state index is 11.5. The zero-order chi connectivity index (χ0) is 78.2. The number of aliphatic hydroxyl groups is 1. The van der Waals surface area contributed by atoms with E-state index in [2.05, 4.69) is 111 Å². The number of H-pyrrole nitrogens is 3. The number of Topliss-reactive ketones (excluding diaryl/α,β-unsaturated/α-hetero) is 1. The molecule has 3 aliphatic rings. The average molecular weight is 1600 g/mol. The summed E-state index contributed by atoms with van der Waals surface area (Å²) in [4.78, 5) is 89.5. The van der Waals surface area contributed by atoms with E-state index in [1.165, 1.54) is 81.1 Å².